The van der Waals surface area contributed by atoms with Crippen molar-refractivity contribution in [2.75, 3.05) is 25.6 Å². The molecule has 1 unspecified atom stereocenters. The molecule has 4 nitrogen and oxygen atoms in total. The Morgan fingerprint density at radius 3 is 2.76 bits per heavy atom. The van der Waals surface area contributed by atoms with Gasteiger partial charge in [0.1, 0.15) is 0 Å². The first-order valence-electron chi connectivity index (χ1n) is 6.40. The number of hydrogen-bond donors (Lipinski definition) is 1. The van der Waals surface area contributed by atoms with Crippen LogP contribution in [0.5, 0.6) is 0 Å². The summed E-state index contributed by atoms with van der Waals surface area (Å²) in [6.45, 7) is 8.26. The van der Waals surface area contributed by atoms with Gasteiger partial charge in [-0.15, -0.1) is 0 Å². The number of hydrogen-bond acceptors (Lipinski definition) is 3. The Labute approximate surface area is 104 Å². The molecule has 0 bridgehead atoms. The Balaban J connectivity index is 2.48. The Hall–Kier alpha value is -1.03. The Morgan fingerprint density at radius 1 is 1.35 bits per heavy atom. The minimum absolute atomic E-state index is 0.491. The molecule has 0 radical (unpaired) electrons. The van der Waals surface area contributed by atoms with Gasteiger partial charge in [0, 0.05) is 32.1 Å². The fourth-order valence-corrected chi connectivity index (χ4v) is 1.78. The van der Waals surface area contributed by atoms with Crippen LogP contribution in [0, 0.1) is 5.92 Å². The summed E-state index contributed by atoms with van der Waals surface area (Å²) in [6.07, 6.45) is 6.32. The van der Waals surface area contributed by atoms with Gasteiger partial charge in [-0.1, -0.05) is 13.8 Å². The lowest BCUT2D eigenvalue weighted by Gasteiger charge is -2.17. The molecule has 4 heteroatoms. The molecule has 0 saturated carbocycles. The second-order valence-corrected chi connectivity index (χ2v) is 4.90. The number of ether oxygens (including phenoxy) is 1. The highest BCUT2D eigenvalue weighted by molar-refractivity contribution is 5.26. The average molecular weight is 239 g/mol. The fourth-order valence-electron chi connectivity index (χ4n) is 1.78. The van der Waals surface area contributed by atoms with Crippen molar-refractivity contribution in [3.63, 3.8) is 0 Å². The van der Waals surface area contributed by atoms with Crippen LogP contribution < -0.4 is 5.32 Å². The van der Waals surface area contributed by atoms with Crippen molar-refractivity contribution in [1.29, 1.82) is 0 Å². The average Bonchev–Trinajstić information content (AvgIpc) is 2.74. The molecule has 0 amide bonds. The highest BCUT2D eigenvalue weighted by atomic mass is 16.5. The van der Waals surface area contributed by atoms with Gasteiger partial charge in [-0.3, -0.25) is 0 Å². The number of anilines is 1. The highest BCUT2D eigenvalue weighted by Crippen LogP contribution is 2.20. The normalized spacial score (nSPS) is 13.0. The smallest absolute Gasteiger partial charge is 0.203 e. The van der Waals surface area contributed by atoms with E-state index in [2.05, 4.69) is 35.6 Å². The second-order valence-electron chi connectivity index (χ2n) is 4.90. The number of imidazole rings is 1. The molecule has 0 aliphatic heterocycles. The van der Waals surface area contributed by atoms with Gasteiger partial charge in [0.15, 0.2) is 0 Å². The van der Waals surface area contributed by atoms with Crippen LogP contribution in [-0.2, 0) is 4.74 Å². The van der Waals surface area contributed by atoms with E-state index in [0.29, 0.717) is 12.6 Å². The van der Waals surface area contributed by atoms with Gasteiger partial charge in [0.25, 0.3) is 0 Å². The number of rotatable bonds is 8. The molecule has 0 saturated heterocycles. The Kier molecular flexibility index (Phi) is 6.05. The molecule has 1 aromatic heterocycles. The summed E-state index contributed by atoms with van der Waals surface area (Å²) >= 11 is 0. The van der Waals surface area contributed by atoms with Crippen LogP contribution in [0.1, 0.15) is 39.7 Å². The lowest BCUT2D eigenvalue weighted by atomic mass is 10.0. The van der Waals surface area contributed by atoms with Crippen LogP contribution in [0.15, 0.2) is 12.4 Å². The van der Waals surface area contributed by atoms with Gasteiger partial charge in [0.05, 0.1) is 6.61 Å². The molecule has 0 aliphatic rings. The number of aromatic nitrogens is 2. The third-order valence-electron chi connectivity index (χ3n) is 2.89. The van der Waals surface area contributed by atoms with Crippen LogP contribution in [-0.4, -0.2) is 29.8 Å². The second kappa shape index (κ2) is 7.33. The first-order chi connectivity index (χ1) is 8.15. The molecule has 0 aromatic carbocycles. The third-order valence-corrected chi connectivity index (χ3v) is 2.89. The van der Waals surface area contributed by atoms with Crippen molar-refractivity contribution in [3.05, 3.63) is 12.4 Å². The zero-order valence-electron chi connectivity index (χ0n) is 11.4. The van der Waals surface area contributed by atoms with E-state index < -0.39 is 0 Å². The maximum atomic E-state index is 5.02. The highest BCUT2D eigenvalue weighted by Gasteiger charge is 2.10. The minimum atomic E-state index is 0.491. The molecule has 1 atom stereocenters. The van der Waals surface area contributed by atoms with Crippen molar-refractivity contribution < 1.29 is 4.74 Å². The molecule has 1 aromatic rings. The van der Waals surface area contributed by atoms with Crippen LogP contribution in [0.2, 0.25) is 0 Å². The van der Waals surface area contributed by atoms with Crippen LogP contribution >= 0.6 is 0 Å². The topological polar surface area (TPSA) is 39.1 Å². The van der Waals surface area contributed by atoms with Crippen LogP contribution in [0.4, 0.5) is 5.95 Å². The summed E-state index contributed by atoms with van der Waals surface area (Å²) in [5.74, 6) is 1.70. The lowest BCUT2D eigenvalue weighted by Crippen LogP contribution is -2.14. The fraction of sp³-hybridized carbons (Fsp3) is 0.769. The minimum Gasteiger partial charge on any atom is -0.383 e. The number of nitrogens with zero attached hydrogens (tertiary/aromatic N) is 2. The SMILES string of the molecule is COCCNc1nccn1C(C)CCC(C)C. The molecule has 0 aliphatic carbocycles. The maximum absolute atomic E-state index is 5.02. The van der Waals surface area contributed by atoms with E-state index in [4.69, 9.17) is 4.74 Å². The van der Waals surface area contributed by atoms with Gasteiger partial charge in [-0.2, -0.15) is 0 Å². The third kappa shape index (κ3) is 4.77. The molecule has 1 N–H and O–H groups in total. The summed E-state index contributed by atoms with van der Waals surface area (Å²) < 4.78 is 7.23. The zero-order valence-corrected chi connectivity index (χ0v) is 11.4. The van der Waals surface area contributed by atoms with Gasteiger partial charge in [-0.05, 0) is 25.7 Å². The van der Waals surface area contributed by atoms with Crippen molar-refractivity contribution in [3.8, 4) is 0 Å². The van der Waals surface area contributed by atoms with E-state index in [-0.39, 0.29) is 0 Å². The van der Waals surface area contributed by atoms with E-state index >= 15 is 0 Å². The van der Waals surface area contributed by atoms with Crippen LogP contribution in [0.3, 0.4) is 0 Å². The summed E-state index contributed by atoms with van der Waals surface area (Å²) in [7, 11) is 1.71. The largest absolute Gasteiger partial charge is 0.383 e. The van der Waals surface area contributed by atoms with Crippen molar-refractivity contribution in [2.24, 2.45) is 5.92 Å². The quantitative estimate of drug-likeness (QED) is 0.709. The predicted octanol–water partition coefficient (Wildman–Crippen LogP) is 2.94. The Morgan fingerprint density at radius 2 is 2.12 bits per heavy atom. The molecule has 1 rings (SSSR count). The summed E-state index contributed by atoms with van der Waals surface area (Å²) in [5, 5.41) is 3.29. The first-order valence-corrected chi connectivity index (χ1v) is 6.40. The molecule has 0 fully saturated rings. The predicted molar refractivity (Wildman–Crippen MR) is 71.4 cm³/mol. The van der Waals surface area contributed by atoms with E-state index in [9.17, 15) is 0 Å². The molecular weight excluding hydrogens is 214 g/mol. The first kappa shape index (κ1) is 14.0. The summed E-state index contributed by atoms with van der Waals surface area (Å²) in [4.78, 5) is 4.33. The zero-order chi connectivity index (χ0) is 12.7. The molecular formula is C13H25N3O. The molecule has 17 heavy (non-hydrogen) atoms. The van der Waals surface area contributed by atoms with Crippen LogP contribution in [0.25, 0.3) is 0 Å². The van der Waals surface area contributed by atoms with Gasteiger partial charge < -0.3 is 14.6 Å². The summed E-state index contributed by atoms with van der Waals surface area (Å²) in [5.41, 5.74) is 0. The standard InChI is InChI=1S/C13H25N3O/c1-11(2)5-6-12(3)16-9-7-14-13(16)15-8-10-17-4/h7,9,11-12H,5-6,8,10H2,1-4H3,(H,14,15). The molecule has 0 spiro atoms. The van der Waals surface area contributed by atoms with Gasteiger partial charge in [0.2, 0.25) is 5.95 Å². The van der Waals surface area contributed by atoms with E-state index in [0.717, 1.165) is 18.4 Å². The molecule has 1 heterocycles. The number of methoxy groups -OCH3 is 1. The number of nitrogens with one attached hydrogen (secondary N) is 1. The van der Waals surface area contributed by atoms with E-state index in [1.54, 1.807) is 7.11 Å². The van der Waals surface area contributed by atoms with Crippen molar-refractivity contribution in [1.82, 2.24) is 9.55 Å². The summed E-state index contributed by atoms with van der Waals surface area (Å²) in [6, 6.07) is 0.491. The van der Waals surface area contributed by atoms with E-state index in [1.807, 2.05) is 12.4 Å². The monoisotopic (exact) mass is 239 g/mol. The lowest BCUT2D eigenvalue weighted by molar-refractivity contribution is 0.210. The van der Waals surface area contributed by atoms with Gasteiger partial charge >= 0.3 is 0 Å². The van der Waals surface area contributed by atoms with Gasteiger partial charge in [-0.25, -0.2) is 4.98 Å². The molecule has 98 valence electrons. The van der Waals surface area contributed by atoms with Crippen molar-refractivity contribution in [2.45, 2.75) is 39.7 Å². The maximum Gasteiger partial charge on any atom is 0.203 e. The van der Waals surface area contributed by atoms with E-state index in [1.165, 1.54) is 12.8 Å². The Bertz CT molecular complexity index is 309. The van der Waals surface area contributed by atoms with Crippen molar-refractivity contribution >= 4 is 5.95 Å².